The molecule has 7 heteroatoms. The van der Waals surface area contributed by atoms with Crippen LogP contribution in [0.2, 0.25) is 0 Å². The molecule has 1 amide bonds. The average Bonchev–Trinajstić information content (AvgIpc) is 3.40. The van der Waals surface area contributed by atoms with Crippen molar-refractivity contribution in [2.45, 2.75) is 13.0 Å². The number of nitrogens with one attached hydrogen (secondary N) is 1. The van der Waals surface area contributed by atoms with Crippen LogP contribution in [-0.4, -0.2) is 37.0 Å². The van der Waals surface area contributed by atoms with Crippen molar-refractivity contribution in [1.29, 1.82) is 0 Å². The third kappa shape index (κ3) is 4.62. The Morgan fingerprint density at radius 3 is 2.33 bits per heavy atom. The number of carbonyl (C=O) groups is 1. The van der Waals surface area contributed by atoms with Gasteiger partial charge in [-0.3, -0.25) is 9.78 Å². The predicted molar refractivity (Wildman–Crippen MR) is 127 cm³/mol. The van der Waals surface area contributed by atoms with Crippen molar-refractivity contribution < 1.29 is 4.79 Å². The largest absolute Gasteiger partial charge is 0.352 e. The van der Waals surface area contributed by atoms with E-state index in [0.717, 1.165) is 41.0 Å². The summed E-state index contributed by atoms with van der Waals surface area (Å²) in [6.45, 7) is 1.39. The van der Waals surface area contributed by atoms with Crippen LogP contribution in [0.5, 0.6) is 0 Å². The van der Waals surface area contributed by atoms with Crippen molar-refractivity contribution in [3.05, 3.63) is 97.3 Å². The van der Waals surface area contributed by atoms with Crippen molar-refractivity contribution in [2.75, 3.05) is 6.54 Å². The van der Waals surface area contributed by atoms with Crippen LogP contribution < -0.4 is 5.32 Å². The summed E-state index contributed by atoms with van der Waals surface area (Å²) < 4.78 is 1.99. The van der Waals surface area contributed by atoms with Gasteiger partial charge in [-0.25, -0.2) is 15.0 Å². The summed E-state index contributed by atoms with van der Waals surface area (Å²) in [6, 6.07) is 19.2. The predicted octanol–water partition coefficient (Wildman–Crippen LogP) is 4.38. The van der Waals surface area contributed by atoms with Crippen molar-refractivity contribution in [3.63, 3.8) is 0 Å². The molecule has 0 fully saturated rings. The van der Waals surface area contributed by atoms with Crippen molar-refractivity contribution in [3.8, 4) is 22.5 Å². The molecular formula is C26H22N6O. The molecule has 33 heavy (non-hydrogen) atoms. The Kier molecular flexibility index (Phi) is 5.84. The van der Waals surface area contributed by atoms with Gasteiger partial charge in [0.25, 0.3) is 5.91 Å². The summed E-state index contributed by atoms with van der Waals surface area (Å²) in [5.41, 5.74) is 5.44. The van der Waals surface area contributed by atoms with Gasteiger partial charge in [-0.15, -0.1) is 0 Å². The number of pyridine rings is 1. The molecule has 0 saturated heterocycles. The lowest BCUT2D eigenvalue weighted by Gasteiger charge is -2.11. The van der Waals surface area contributed by atoms with Gasteiger partial charge in [-0.05, 0) is 36.8 Å². The molecule has 0 atom stereocenters. The first-order valence-corrected chi connectivity index (χ1v) is 10.8. The third-order valence-electron chi connectivity index (χ3n) is 5.37. The van der Waals surface area contributed by atoms with Gasteiger partial charge in [0.2, 0.25) is 0 Å². The molecule has 3 aromatic heterocycles. The summed E-state index contributed by atoms with van der Waals surface area (Å²) in [5.74, 6) is -0.121. The van der Waals surface area contributed by atoms with Crippen LogP contribution in [0, 0.1) is 0 Å². The molecule has 5 aromatic rings. The van der Waals surface area contributed by atoms with Gasteiger partial charge in [-0.1, -0.05) is 30.3 Å². The van der Waals surface area contributed by atoms with E-state index in [1.54, 1.807) is 37.1 Å². The number of benzene rings is 2. The third-order valence-corrected chi connectivity index (χ3v) is 5.37. The van der Waals surface area contributed by atoms with Crippen LogP contribution in [-0.2, 0) is 6.54 Å². The zero-order valence-corrected chi connectivity index (χ0v) is 17.9. The van der Waals surface area contributed by atoms with Gasteiger partial charge in [-0.2, -0.15) is 0 Å². The van der Waals surface area contributed by atoms with Gasteiger partial charge in [0.05, 0.1) is 28.7 Å². The highest BCUT2D eigenvalue weighted by atomic mass is 16.1. The van der Waals surface area contributed by atoms with E-state index in [1.165, 1.54) is 0 Å². The standard InChI is InChI=1S/C26H22N6O/c33-26(29-11-4-15-32-16-14-28-18-32)21-7-8-22-23(17-21)31-24(19-5-2-1-3-6-19)25(30-22)20-9-12-27-13-10-20/h1-3,5-10,12-14,16-18H,4,11,15H2,(H,29,33). The van der Waals surface area contributed by atoms with Crippen LogP contribution in [0.1, 0.15) is 16.8 Å². The van der Waals surface area contributed by atoms with E-state index >= 15 is 0 Å². The first kappa shape index (κ1) is 20.5. The molecule has 162 valence electrons. The molecule has 1 N–H and O–H groups in total. The van der Waals surface area contributed by atoms with Crippen molar-refractivity contribution >= 4 is 16.9 Å². The quantitative estimate of drug-likeness (QED) is 0.384. The van der Waals surface area contributed by atoms with E-state index in [2.05, 4.69) is 15.3 Å². The summed E-state index contributed by atoms with van der Waals surface area (Å²) in [6.07, 6.45) is 9.75. The summed E-state index contributed by atoms with van der Waals surface area (Å²) in [4.78, 5) is 30.7. The zero-order chi connectivity index (χ0) is 22.5. The van der Waals surface area contributed by atoms with Crippen molar-refractivity contribution in [1.82, 2.24) is 29.8 Å². The number of hydrogen-bond acceptors (Lipinski definition) is 5. The maximum atomic E-state index is 12.7. The van der Waals surface area contributed by atoms with Gasteiger partial charge in [0, 0.05) is 54.6 Å². The molecule has 0 aliphatic rings. The molecular weight excluding hydrogens is 412 g/mol. The molecule has 0 unspecified atom stereocenters. The number of carbonyl (C=O) groups excluding carboxylic acids is 1. The normalized spacial score (nSPS) is 10.9. The maximum Gasteiger partial charge on any atom is 0.251 e. The number of fused-ring (bicyclic) bond motifs is 1. The lowest BCUT2D eigenvalue weighted by Crippen LogP contribution is -2.25. The second-order valence-corrected chi connectivity index (χ2v) is 7.64. The average molecular weight is 435 g/mol. The molecule has 7 nitrogen and oxygen atoms in total. The summed E-state index contributed by atoms with van der Waals surface area (Å²) >= 11 is 0. The minimum Gasteiger partial charge on any atom is -0.352 e. The fourth-order valence-electron chi connectivity index (χ4n) is 3.69. The number of rotatable bonds is 7. The Morgan fingerprint density at radius 2 is 1.58 bits per heavy atom. The number of aryl methyl sites for hydroxylation is 1. The highest BCUT2D eigenvalue weighted by molar-refractivity contribution is 5.98. The Bertz CT molecular complexity index is 1370. The number of aromatic nitrogens is 5. The minimum absolute atomic E-state index is 0.121. The maximum absolute atomic E-state index is 12.7. The van der Waals surface area contributed by atoms with Crippen LogP contribution >= 0.6 is 0 Å². The fraction of sp³-hybridized carbons (Fsp3) is 0.115. The van der Waals surface area contributed by atoms with Crippen LogP contribution in [0.25, 0.3) is 33.5 Å². The Balaban J connectivity index is 1.43. The number of imidazole rings is 1. The van der Waals surface area contributed by atoms with E-state index in [0.29, 0.717) is 17.6 Å². The molecule has 2 aromatic carbocycles. The van der Waals surface area contributed by atoms with Gasteiger partial charge >= 0.3 is 0 Å². The molecule has 5 rings (SSSR count). The second-order valence-electron chi connectivity index (χ2n) is 7.64. The Hall–Kier alpha value is -4.39. The molecule has 0 bridgehead atoms. The Morgan fingerprint density at radius 1 is 0.818 bits per heavy atom. The molecule has 0 spiro atoms. The van der Waals surface area contributed by atoms with E-state index in [1.807, 2.05) is 59.3 Å². The van der Waals surface area contributed by atoms with Crippen LogP contribution in [0.3, 0.4) is 0 Å². The number of amides is 1. The first-order valence-electron chi connectivity index (χ1n) is 10.8. The lowest BCUT2D eigenvalue weighted by molar-refractivity contribution is 0.0953. The van der Waals surface area contributed by atoms with E-state index in [4.69, 9.17) is 9.97 Å². The first-order chi connectivity index (χ1) is 16.3. The van der Waals surface area contributed by atoms with Crippen molar-refractivity contribution in [2.24, 2.45) is 0 Å². The van der Waals surface area contributed by atoms with Crippen LogP contribution in [0.15, 0.2) is 91.8 Å². The smallest absolute Gasteiger partial charge is 0.251 e. The van der Waals surface area contributed by atoms with Gasteiger partial charge in [0.15, 0.2) is 0 Å². The fourth-order valence-corrected chi connectivity index (χ4v) is 3.69. The molecule has 3 heterocycles. The Labute approximate surface area is 191 Å². The SMILES string of the molecule is O=C(NCCCn1ccnc1)c1ccc2nc(-c3ccncc3)c(-c3ccccc3)nc2c1. The highest BCUT2D eigenvalue weighted by Gasteiger charge is 2.14. The monoisotopic (exact) mass is 434 g/mol. The highest BCUT2D eigenvalue weighted by Crippen LogP contribution is 2.30. The van der Waals surface area contributed by atoms with Crippen LogP contribution in [0.4, 0.5) is 0 Å². The number of hydrogen-bond donors (Lipinski definition) is 1. The summed E-state index contributed by atoms with van der Waals surface area (Å²) in [5, 5.41) is 2.98. The topological polar surface area (TPSA) is 85.6 Å². The molecule has 0 radical (unpaired) electrons. The minimum atomic E-state index is -0.121. The van der Waals surface area contributed by atoms with Gasteiger partial charge < -0.3 is 9.88 Å². The van der Waals surface area contributed by atoms with E-state index in [-0.39, 0.29) is 5.91 Å². The zero-order valence-electron chi connectivity index (χ0n) is 17.9. The second kappa shape index (κ2) is 9.40. The molecule has 0 aliphatic carbocycles. The molecule has 0 saturated carbocycles. The summed E-state index contributed by atoms with van der Waals surface area (Å²) in [7, 11) is 0. The number of nitrogens with zero attached hydrogens (tertiary/aromatic N) is 5. The lowest BCUT2D eigenvalue weighted by atomic mass is 10.0. The van der Waals surface area contributed by atoms with E-state index < -0.39 is 0 Å². The van der Waals surface area contributed by atoms with E-state index in [9.17, 15) is 4.79 Å². The molecule has 0 aliphatic heterocycles. The van der Waals surface area contributed by atoms with Gasteiger partial charge in [0.1, 0.15) is 0 Å².